The van der Waals surface area contributed by atoms with E-state index in [1.807, 2.05) is 30.3 Å². The van der Waals surface area contributed by atoms with Crippen LogP contribution in [0, 0.1) is 0 Å². The quantitative estimate of drug-likeness (QED) is 0.700. The molecule has 7 heteroatoms. The van der Waals surface area contributed by atoms with E-state index in [9.17, 15) is 14.4 Å². The molecule has 2 N–H and O–H groups in total. The summed E-state index contributed by atoms with van der Waals surface area (Å²) in [6, 6.07) is 11.3. The summed E-state index contributed by atoms with van der Waals surface area (Å²) < 4.78 is 10.3. The van der Waals surface area contributed by atoms with Crippen LogP contribution in [0.4, 0.5) is 0 Å². The molecule has 0 aliphatic carbocycles. The molecule has 2 aromatic rings. The largest absolute Gasteiger partial charge is 0.459 e. The van der Waals surface area contributed by atoms with E-state index in [2.05, 4.69) is 10.6 Å². The van der Waals surface area contributed by atoms with Crippen molar-refractivity contribution in [3.63, 3.8) is 0 Å². The van der Waals surface area contributed by atoms with Gasteiger partial charge in [0, 0.05) is 13.0 Å². The summed E-state index contributed by atoms with van der Waals surface area (Å²) in [6.07, 6.45) is 0.645. The van der Waals surface area contributed by atoms with Gasteiger partial charge in [-0.1, -0.05) is 30.3 Å². The molecule has 0 aliphatic heterocycles. The predicted octanol–water partition coefficient (Wildman–Crippen LogP) is 1.69. The maximum atomic E-state index is 12.5. The smallest absolute Gasteiger partial charge is 0.329 e. The fourth-order valence-corrected chi connectivity index (χ4v) is 2.31. The third kappa shape index (κ3) is 5.47. The molecule has 2 amide bonds. The van der Waals surface area contributed by atoms with Crippen LogP contribution < -0.4 is 10.6 Å². The number of furan rings is 1. The van der Waals surface area contributed by atoms with Crippen LogP contribution in [-0.4, -0.2) is 36.5 Å². The number of carbonyl (C=O) groups excluding carboxylic acids is 3. The summed E-state index contributed by atoms with van der Waals surface area (Å²) >= 11 is 0. The second-order valence-electron chi connectivity index (χ2n) is 5.67. The molecule has 2 rings (SSSR count). The van der Waals surface area contributed by atoms with Crippen molar-refractivity contribution in [1.29, 1.82) is 0 Å². The van der Waals surface area contributed by atoms with E-state index >= 15 is 0 Å². The van der Waals surface area contributed by atoms with Crippen molar-refractivity contribution in [2.75, 3.05) is 6.54 Å². The molecule has 1 heterocycles. The number of likely N-dealkylation sites (N-methyl/N-ethyl adjacent to an activating group) is 1. The number of ether oxygens (including phenoxy) is 1. The van der Waals surface area contributed by atoms with Crippen molar-refractivity contribution >= 4 is 17.8 Å². The van der Waals surface area contributed by atoms with Gasteiger partial charge < -0.3 is 19.8 Å². The van der Waals surface area contributed by atoms with Crippen LogP contribution in [0.2, 0.25) is 0 Å². The van der Waals surface area contributed by atoms with Crippen molar-refractivity contribution in [3.8, 4) is 0 Å². The third-order valence-corrected chi connectivity index (χ3v) is 3.63. The van der Waals surface area contributed by atoms with Crippen LogP contribution in [0.1, 0.15) is 30.0 Å². The van der Waals surface area contributed by atoms with E-state index in [0.717, 1.165) is 5.56 Å². The van der Waals surface area contributed by atoms with Crippen molar-refractivity contribution in [2.45, 2.75) is 32.4 Å². The maximum absolute atomic E-state index is 12.5. The SMILES string of the molecule is CCNC(=O)[C@H](C)OC(=O)[C@H](Cc1ccccc1)NC(=O)c1ccco1. The average Bonchev–Trinajstić information content (AvgIpc) is 3.17. The highest BCUT2D eigenvalue weighted by atomic mass is 16.5. The summed E-state index contributed by atoms with van der Waals surface area (Å²) in [5.41, 5.74) is 0.847. The molecule has 2 atom stereocenters. The molecule has 0 unspecified atom stereocenters. The minimum Gasteiger partial charge on any atom is -0.459 e. The minimum atomic E-state index is -0.957. The Hall–Kier alpha value is -3.09. The average molecular weight is 358 g/mol. The van der Waals surface area contributed by atoms with Gasteiger partial charge in [-0.2, -0.15) is 0 Å². The Morgan fingerprint density at radius 2 is 1.85 bits per heavy atom. The Kier molecular flexibility index (Phi) is 6.96. The molecular formula is C19H22N2O5. The van der Waals surface area contributed by atoms with Crippen LogP contribution in [0.5, 0.6) is 0 Å². The Morgan fingerprint density at radius 3 is 2.46 bits per heavy atom. The monoisotopic (exact) mass is 358 g/mol. The standard InChI is InChI=1S/C19H22N2O5/c1-3-20-17(22)13(2)26-19(24)15(12-14-8-5-4-6-9-14)21-18(23)16-10-7-11-25-16/h4-11,13,15H,3,12H2,1-2H3,(H,20,22)(H,21,23)/t13-,15-/m0/s1. The Morgan fingerprint density at radius 1 is 1.12 bits per heavy atom. The van der Waals surface area contributed by atoms with E-state index in [4.69, 9.17) is 9.15 Å². The van der Waals surface area contributed by atoms with E-state index in [-0.39, 0.29) is 12.2 Å². The van der Waals surface area contributed by atoms with E-state index in [0.29, 0.717) is 6.54 Å². The molecule has 0 aliphatic rings. The first kappa shape index (κ1) is 19.2. The lowest BCUT2D eigenvalue weighted by atomic mass is 10.1. The lowest BCUT2D eigenvalue weighted by Crippen LogP contribution is -2.46. The van der Waals surface area contributed by atoms with Gasteiger partial charge in [-0.3, -0.25) is 9.59 Å². The minimum absolute atomic E-state index is 0.0904. The van der Waals surface area contributed by atoms with Crippen molar-refractivity contribution in [2.24, 2.45) is 0 Å². The van der Waals surface area contributed by atoms with Crippen LogP contribution in [0.3, 0.4) is 0 Å². The number of carbonyl (C=O) groups is 3. The molecule has 0 bridgehead atoms. The number of benzene rings is 1. The van der Waals surface area contributed by atoms with Crippen molar-refractivity contribution < 1.29 is 23.5 Å². The first-order chi connectivity index (χ1) is 12.5. The maximum Gasteiger partial charge on any atom is 0.329 e. The van der Waals surface area contributed by atoms with Gasteiger partial charge in [0.15, 0.2) is 11.9 Å². The lowest BCUT2D eigenvalue weighted by molar-refractivity contribution is -0.156. The molecule has 1 aromatic heterocycles. The van der Waals surface area contributed by atoms with Gasteiger partial charge in [-0.15, -0.1) is 0 Å². The zero-order valence-electron chi connectivity index (χ0n) is 14.7. The van der Waals surface area contributed by atoms with E-state index < -0.39 is 29.9 Å². The number of esters is 1. The van der Waals surface area contributed by atoms with Gasteiger partial charge in [0.25, 0.3) is 11.8 Å². The number of hydrogen-bond acceptors (Lipinski definition) is 5. The number of amides is 2. The molecule has 138 valence electrons. The van der Waals surface area contributed by atoms with Gasteiger partial charge in [0.1, 0.15) is 6.04 Å². The van der Waals surface area contributed by atoms with Gasteiger partial charge in [-0.05, 0) is 31.5 Å². The van der Waals surface area contributed by atoms with E-state index in [1.165, 1.54) is 19.3 Å². The Bertz CT molecular complexity index is 728. The highest BCUT2D eigenvalue weighted by molar-refractivity contribution is 5.95. The predicted molar refractivity (Wildman–Crippen MR) is 94.3 cm³/mol. The van der Waals surface area contributed by atoms with Crippen molar-refractivity contribution in [1.82, 2.24) is 10.6 Å². The summed E-state index contributed by atoms with van der Waals surface area (Å²) in [6.45, 7) is 3.69. The second kappa shape index (κ2) is 9.41. The van der Waals surface area contributed by atoms with E-state index in [1.54, 1.807) is 13.0 Å². The summed E-state index contributed by atoms with van der Waals surface area (Å²) in [4.78, 5) is 36.5. The van der Waals surface area contributed by atoms with Crippen LogP contribution in [0.15, 0.2) is 53.1 Å². The highest BCUT2D eigenvalue weighted by Gasteiger charge is 2.27. The Labute approximate surface area is 151 Å². The molecule has 0 spiro atoms. The van der Waals surface area contributed by atoms with Crippen LogP contribution >= 0.6 is 0 Å². The fraction of sp³-hybridized carbons (Fsp3) is 0.316. The summed E-state index contributed by atoms with van der Waals surface area (Å²) in [5, 5.41) is 5.19. The molecule has 0 fully saturated rings. The second-order valence-corrected chi connectivity index (χ2v) is 5.67. The molecule has 7 nitrogen and oxygen atoms in total. The first-order valence-electron chi connectivity index (χ1n) is 8.37. The van der Waals surface area contributed by atoms with Gasteiger partial charge in [0.05, 0.1) is 6.26 Å². The highest BCUT2D eigenvalue weighted by Crippen LogP contribution is 2.08. The molecule has 26 heavy (non-hydrogen) atoms. The molecular weight excluding hydrogens is 336 g/mol. The third-order valence-electron chi connectivity index (χ3n) is 3.63. The van der Waals surface area contributed by atoms with Gasteiger partial charge in [-0.25, -0.2) is 4.79 Å². The van der Waals surface area contributed by atoms with Gasteiger partial charge >= 0.3 is 5.97 Å². The topological polar surface area (TPSA) is 97.6 Å². The van der Waals surface area contributed by atoms with Crippen LogP contribution in [0.25, 0.3) is 0 Å². The molecule has 0 radical (unpaired) electrons. The molecule has 0 saturated carbocycles. The van der Waals surface area contributed by atoms with Crippen LogP contribution in [-0.2, 0) is 20.7 Å². The molecule has 0 saturated heterocycles. The molecule has 1 aromatic carbocycles. The first-order valence-corrected chi connectivity index (χ1v) is 8.37. The fourth-order valence-electron chi connectivity index (χ4n) is 2.31. The van der Waals surface area contributed by atoms with Crippen molar-refractivity contribution in [3.05, 3.63) is 60.1 Å². The zero-order valence-corrected chi connectivity index (χ0v) is 14.7. The summed E-state index contributed by atoms with van der Waals surface area (Å²) in [7, 11) is 0. The number of nitrogens with one attached hydrogen (secondary N) is 2. The zero-order chi connectivity index (χ0) is 18.9. The number of hydrogen-bond donors (Lipinski definition) is 2. The normalized spacial score (nSPS) is 12.7. The summed E-state index contributed by atoms with van der Waals surface area (Å²) in [5.74, 6) is -1.52. The Balaban J connectivity index is 2.09. The number of rotatable bonds is 8. The lowest BCUT2D eigenvalue weighted by Gasteiger charge is -2.20. The van der Waals surface area contributed by atoms with Gasteiger partial charge in [0.2, 0.25) is 0 Å².